The van der Waals surface area contributed by atoms with Crippen LogP contribution in [0.5, 0.6) is 0 Å². The molecular weight excluding hydrogens is 299 g/mol. The Labute approximate surface area is 126 Å². The Morgan fingerprint density at radius 2 is 2.20 bits per heavy atom. The number of hydrogen-bond acceptors (Lipinski definition) is 5. The Hall–Kier alpha value is -1.08. The Kier molecular flexibility index (Phi) is 5.04. The van der Waals surface area contributed by atoms with Crippen LogP contribution in [0.2, 0.25) is 5.02 Å². The quantitative estimate of drug-likeness (QED) is 0.657. The van der Waals surface area contributed by atoms with Gasteiger partial charge in [0.2, 0.25) is 0 Å². The minimum atomic E-state index is -0.313. The number of nitrogens with zero attached hydrogens (tertiary/aromatic N) is 2. The number of hydrazine groups is 1. The van der Waals surface area contributed by atoms with E-state index in [-0.39, 0.29) is 17.8 Å². The molecule has 1 aromatic heterocycles. The summed E-state index contributed by atoms with van der Waals surface area (Å²) in [5, 5.41) is 4.66. The molecule has 0 spiro atoms. The molecule has 0 aliphatic carbocycles. The van der Waals surface area contributed by atoms with Gasteiger partial charge in [-0.3, -0.25) is 11.3 Å². The third-order valence-electron chi connectivity index (χ3n) is 3.04. The van der Waals surface area contributed by atoms with Crippen molar-refractivity contribution in [3.63, 3.8) is 0 Å². The van der Waals surface area contributed by atoms with Crippen molar-refractivity contribution < 1.29 is 4.39 Å². The molecule has 1 heterocycles. The van der Waals surface area contributed by atoms with Gasteiger partial charge >= 0.3 is 0 Å². The van der Waals surface area contributed by atoms with E-state index in [0.29, 0.717) is 17.0 Å². The van der Waals surface area contributed by atoms with Gasteiger partial charge in [-0.2, -0.15) is 0 Å². The van der Waals surface area contributed by atoms with Gasteiger partial charge in [0.25, 0.3) is 0 Å². The van der Waals surface area contributed by atoms with E-state index in [9.17, 15) is 4.39 Å². The molecular formula is C13H16ClFN4S. The first kappa shape index (κ1) is 15.3. The van der Waals surface area contributed by atoms with Crippen molar-refractivity contribution in [3.05, 3.63) is 45.2 Å². The maximum atomic E-state index is 13.3. The van der Waals surface area contributed by atoms with Crippen molar-refractivity contribution in [3.8, 4) is 0 Å². The van der Waals surface area contributed by atoms with Gasteiger partial charge in [0.05, 0.1) is 16.6 Å². The van der Waals surface area contributed by atoms with Crippen LogP contribution in [0.25, 0.3) is 0 Å². The van der Waals surface area contributed by atoms with E-state index >= 15 is 0 Å². The smallest absolute Gasteiger partial charge is 0.123 e. The first-order valence-corrected chi connectivity index (χ1v) is 7.40. The zero-order valence-corrected chi connectivity index (χ0v) is 12.8. The third kappa shape index (κ3) is 3.32. The number of nitrogens with two attached hydrogens (primary N) is 1. The molecule has 0 bridgehead atoms. The van der Waals surface area contributed by atoms with E-state index in [1.165, 1.54) is 23.7 Å². The summed E-state index contributed by atoms with van der Waals surface area (Å²) in [6, 6.07) is 4.13. The lowest BCUT2D eigenvalue weighted by Gasteiger charge is -2.17. The van der Waals surface area contributed by atoms with E-state index in [0.717, 1.165) is 10.6 Å². The van der Waals surface area contributed by atoms with Crippen LogP contribution in [0.3, 0.4) is 0 Å². The lowest BCUT2D eigenvalue weighted by atomic mass is 10.0. The summed E-state index contributed by atoms with van der Waals surface area (Å²) < 4.78 is 17.3. The van der Waals surface area contributed by atoms with Crippen molar-refractivity contribution in [2.45, 2.75) is 32.2 Å². The molecule has 0 fully saturated rings. The molecule has 0 radical (unpaired) electrons. The molecule has 1 atom stereocenters. The standard InChI is InChI=1S/C13H16ClFN4S/c1-7(2)12-13(20-19-18-12)11(17-16)6-8-5-9(15)3-4-10(8)14/h3-5,7,11,17H,6,16H2,1-2H3. The van der Waals surface area contributed by atoms with Gasteiger partial charge in [-0.25, -0.2) is 4.39 Å². The molecule has 1 aromatic carbocycles. The van der Waals surface area contributed by atoms with Gasteiger partial charge in [0.15, 0.2) is 0 Å². The van der Waals surface area contributed by atoms with E-state index in [1.807, 2.05) is 13.8 Å². The zero-order valence-electron chi connectivity index (χ0n) is 11.2. The van der Waals surface area contributed by atoms with Crippen LogP contribution in [0.15, 0.2) is 18.2 Å². The normalized spacial score (nSPS) is 12.9. The van der Waals surface area contributed by atoms with Crippen LogP contribution in [-0.2, 0) is 6.42 Å². The van der Waals surface area contributed by atoms with Crippen LogP contribution >= 0.6 is 23.1 Å². The first-order chi connectivity index (χ1) is 9.52. The van der Waals surface area contributed by atoms with E-state index in [2.05, 4.69) is 15.0 Å². The van der Waals surface area contributed by atoms with Gasteiger partial charge in [0.1, 0.15) is 5.82 Å². The van der Waals surface area contributed by atoms with Gasteiger partial charge < -0.3 is 0 Å². The average molecular weight is 315 g/mol. The van der Waals surface area contributed by atoms with Gasteiger partial charge in [0, 0.05) is 5.02 Å². The van der Waals surface area contributed by atoms with E-state index in [4.69, 9.17) is 17.4 Å². The lowest BCUT2D eigenvalue weighted by Crippen LogP contribution is -2.30. The Morgan fingerprint density at radius 3 is 2.85 bits per heavy atom. The van der Waals surface area contributed by atoms with Gasteiger partial charge in [-0.1, -0.05) is 29.9 Å². The maximum absolute atomic E-state index is 13.3. The fourth-order valence-electron chi connectivity index (χ4n) is 1.99. The molecule has 20 heavy (non-hydrogen) atoms. The Balaban J connectivity index is 2.29. The molecule has 108 valence electrons. The maximum Gasteiger partial charge on any atom is 0.123 e. The van der Waals surface area contributed by atoms with Crippen molar-refractivity contribution in [1.29, 1.82) is 0 Å². The molecule has 2 aromatic rings. The predicted molar refractivity (Wildman–Crippen MR) is 79.2 cm³/mol. The second-order valence-corrected chi connectivity index (χ2v) is 6.03. The molecule has 0 amide bonds. The Morgan fingerprint density at radius 1 is 1.45 bits per heavy atom. The molecule has 7 heteroatoms. The molecule has 0 aliphatic heterocycles. The number of hydrogen-bond donors (Lipinski definition) is 2. The van der Waals surface area contributed by atoms with Crippen LogP contribution in [-0.4, -0.2) is 9.59 Å². The van der Waals surface area contributed by atoms with Gasteiger partial charge in [-0.15, -0.1) is 5.10 Å². The van der Waals surface area contributed by atoms with Crippen LogP contribution in [0, 0.1) is 5.82 Å². The molecule has 0 aliphatic rings. The molecule has 0 saturated heterocycles. The molecule has 0 saturated carbocycles. The summed E-state index contributed by atoms with van der Waals surface area (Å²) in [5.74, 6) is 5.57. The molecule has 3 N–H and O–H groups in total. The van der Waals surface area contributed by atoms with Gasteiger partial charge in [-0.05, 0) is 47.6 Å². The predicted octanol–water partition coefficient (Wildman–Crippen LogP) is 3.20. The van der Waals surface area contributed by atoms with Crippen LogP contribution < -0.4 is 11.3 Å². The second kappa shape index (κ2) is 6.58. The highest BCUT2D eigenvalue weighted by molar-refractivity contribution is 7.05. The molecule has 1 unspecified atom stereocenters. The molecule has 4 nitrogen and oxygen atoms in total. The minimum absolute atomic E-state index is 0.188. The molecule has 2 rings (SSSR count). The summed E-state index contributed by atoms with van der Waals surface area (Å²) >= 11 is 7.40. The number of benzene rings is 1. The summed E-state index contributed by atoms with van der Waals surface area (Å²) in [7, 11) is 0. The van der Waals surface area contributed by atoms with Crippen LogP contribution in [0.4, 0.5) is 4.39 Å². The number of rotatable bonds is 5. The summed E-state index contributed by atoms with van der Waals surface area (Å²) in [6.07, 6.45) is 0.483. The fraction of sp³-hybridized carbons (Fsp3) is 0.385. The zero-order chi connectivity index (χ0) is 14.7. The van der Waals surface area contributed by atoms with Crippen molar-refractivity contribution in [1.82, 2.24) is 15.0 Å². The number of nitrogens with one attached hydrogen (secondary N) is 1. The fourth-order valence-corrected chi connectivity index (χ4v) is 3.05. The van der Waals surface area contributed by atoms with Crippen molar-refractivity contribution in [2.75, 3.05) is 0 Å². The van der Waals surface area contributed by atoms with Crippen molar-refractivity contribution >= 4 is 23.1 Å². The van der Waals surface area contributed by atoms with Crippen LogP contribution in [0.1, 0.15) is 41.9 Å². The monoisotopic (exact) mass is 314 g/mol. The largest absolute Gasteiger partial charge is 0.271 e. The average Bonchev–Trinajstić information content (AvgIpc) is 2.89. The highest BCUT2D eigenvalue weighted by Gasteiger charge is 2.21. The number of halogens is 2. The van der Waals surface area contributed by atoms with E-state index in [1.54, 1.807) is 6.07 Å². The van der Waals surface area contributed by atoms with Crippen molar-refractivity contribution in [2.24, 2.45) is 5.84 Å². The number of aromatic nitrogens is 2. The summed E-state index contributed by atoms with van der Waals surface area (Å²) in [5.41, 5.74) is 4.36. The Bertz CT molecular complexity index is 588. The second-order valence-electron chi connectivity index (χ2n) is 4.84. The minimum Gasteiger partial charge on any atom is -0.271 e. The first-order valence-electron chi connectivity index (χ1n) is 6.25. The highest BCUT2D eigenvalue weighted by Crippen LogP contribution is 2.30. The summed E-state index contributed by atoms with van der Waals surface area (Å²) in [6.45, 7) is 4.09. The lowest BCUT2D eigenvalue weighted by molar-refractivity contribution is 0.548. The highest BCUT2D eigenvalue weighted by atomic mass is 35.5. The summed E-state index contributed by atoms with van der Waals surface area (Å²) in [4.78, 5) is 0.961. The third-order valence-corrected chi connectivity index (χ3v) is 4.26. The SMILES string of the molecule is CC(C)c1nnsc1C(Cc1cc(F)ccc1Cl)NN. The van der Waals surface area contributed by atoms with E-state index < -0.39 is 0 Å². The topological polar surface area (TPSA) is 63.8 Å².